The molecular weight excluding hydrogens is 432 g/mol. The Balaban J connectivity index is 1.11. The van der Waals surface area contributed by atoms with Crippen LogP contribution < -0.4 is 10.6 Å². The molecule has 0 saturated heterocycles. The number of carbonyl (C=O) groups excluding carboxylic acids is 2. The Kier molecular flexibility index (Phi) is 7.83. The normalized spacial score (nSPS) is 15.2. The summed E-state index contributed by atoms with van der Waals surface area (Å²) in [5, 5.41) is 14.6. The van der Waals surface area contributed by atoms with E-state index in [-0.39, 0.29) is 18.4 Å². The van der Waals surface area contributed by atoms with Gasteiger partial charge in [-0.25, -0.2) is 9.59 Å². The van der Waals surface area contributed by atoms with Crippen molar-refractivity contribution in [2.24, 2.45) is 5.92 Å². The van der Waals surface area contributed by atoms with Crippen molar-refractivity contribution in [1.82, 2.24) is 10.6 Å². The van der Waals surface area contributed by atoms with Crippen LogP contribution in [-0.2, 0) is 14.3 Å². The van der Waals surface area contributed by atoms with Gasteiger partial charge in [0.15, 0.2) is 0 Å². The van der Waals surface area contributed by atoms with Crippen LogP contribution >= 0.6 is 0 Å². The lowest BCUT2D eigenvalue weighted by Gasteiger charge is -2.15. The molecule has 0 aliphatic heterocycles. The third-order valence-electron chi connectivity index (χ3n) is 6.59. The Bertz CT molecular complexity index is 988. The van der Waals surface area contributed by atoms with Gasteiger partial charge in [-0.1, -0.05) is 67.8 Å². The van der Waals surface area contributed by atoms with Crippen LogP contribution in [0.4, 0.5) is 4.79 Å². The maximum atomic E-state index is 12.2. The zero-order chi connectivity index (χ0) is 23.9. The summed E-state index contributed by atoms with van der Waals surface area (Å²) in [5.74, 6) is -0.721. The van der Waals surface area contributed by atoms with Crippen molar-refractivity contribution in [1.29, 1.82) is 0 Å². The number of unbranched alkanes of at least 4 members (excludes halogenated alkanes) is 2. The molecule has 2 aromatic carbocycles. The van der Waals surface area contributed by atoms with E-state index in [4.69, 9.17) is 4.74 Å². The first-order valence-electron chi connectivity index (χ1n) is 12.1. The molecule has 4 rings (SSSR count). The highest BCUT2D eigenvalue weighted by Gasteiger charge is 2.30. The predicted octanol–water partition coefficient (Wildman–Crippen LogP) is 4.46. The fraction of sp³-hybridized carbons (Fsp3) is 0.444. The van der Waals surface area contributed by atoms with Gasteiger partial charge in [0.25, 0.3) is 0 Å². The van der Waals surface area contributed by atoms with Gasteiger partial charge in [-0.15, -0.1) is 0 Å². The van der Waals surface area contributed by atoms with E-state index in [1.165, 1.54) is 22.3 Å². The first-order chi connectivity index (χ1) is 16.5. The molecule has 2 amide bonds. The minimum atomic E-state index is -0.965. The maximum Gasteiger partial charge on any atom is 0.407 e. The van der Waals surface area contributed by atoms with Gasteiger partial charge in [-0.3, -0.25) is 4.79 Å². The molecule has 0 heterocycles. The van der Waals surface area contributed by atoms with Crippen LogP contribution in [-0.4, -0.2) is 42.3 Å². The number of aliphatic carboxylic acids is 1. The first-order valence-corrected chi connectivity index (χ1v) is 12.1. The van der Waals surface area contributed by atoms with E-state index in [0.717, 1.165) is 25.7 Å². The molecule has 7 nitrogen and oxygen atoms in total. The van der Waals surface area contributed by atoms with E-state index in [1.54, 1.807) is 0 Å². The summed E-state index contributed by atoms with van der Waals surface area (Å²) in [5.41, 5.74) is 4.74. The zero-order valence-corrected chi connectivity index (χ0v) is 19.3. The van der Waals surface area contributed by atoms with Gasteiger partial charge in [0.1, 0.15) is 12.6 Å². The van der Waals surface area contributed by atoms with Crippen molar-refractivity contribution >= 4 is 18.0 Å². The van der Waals surface area contributed by atoms with Crippen molar-refractivity contribution in [3.63, 3.8) is 0 Å². The highest BCUT2D eigenvalue weighted by atomic mass is 16.5. The number of alkyl carbamates (subject to hydrolysis) is 1. The minimum absolute atomic E-state index is 0.0335. The highest BCUT2D eigenvalue weighted by Crippen LogP contribution is 2.44. The molecule has 1 fully saturated rings. The van der Waals surface area contributed by atoms with Gasteiger partial charge in [0.05, 0.1) is 0 Å². The standard InChI is InChI=1S/C27H32N2O5/c30-25(29-24(26(31)32)16-18-13-14-18)12-2-1-7-15-28-27(33)34-17-23-21-10-5-3-8-19(21)20-9-4-6-11-22(20)23/h3-6,8-11,18,23-24H,1-2,7,12-17H2,(H,28,33)(H,29,30)(H,31,32)/t24-/m0/s1. The molecule has 0 unspecified atom stereocenters. The molecule has 0 spiro atoms. The lowest BCUT2D eigenvalue weighted by molar-refractivity contribution is -0.142. The number of benzene rings is 2. The Morgan fingerprint density at radius 2 is 1.59 bits per heavy atom. The third-order valence-corrected chi connectivity index (χ3v) is 6.59. The van der Waals surface area contributed by atoms with Crippen LogP contribution in [0.1, 0.15) is 62.0 Å². The van der Waals surface area contributed by atoms with Gasteiger partial charge in [-0.05, 0) is 47.4 Å². The Morgan fingerprint density at radius 1 is 0.941 bits per heavy atom. The number of nitrogens with one attached hydrogen (secondary N) is 2. The van der Waals surface area contributed by atoms with Gasteiger partial charge in [-0.2, -0.15) is 0 Å². The second kappa shape index (κ2) is 11.2. The topological polar surface area (TPSA) is 105 Å². The van der Waals surface area contributed by atoms with Crippen molar-refractivity contribution in [2.45, 2.75) is 56.9 Å². The lowest BCUT2D eigenvalue weighted by atomic mass is 9.98. The smallest absolute Gasteiger partial charge is 0.407 e. The Hall–Kier alpha value is -3.35. The summed E-state index contributed by atoms with van der Waals surface area (Å²) in [7, 11) is 0. The number of carbonyl (C=O) groups is 3. The van der Waals surface area contributed by atoms with Crippen LogP contribution in [0.15, 0.2) is 48.5 Å². The number of hydrogen-bond acceptors (Lipinski definition) is 4. The van der Waals surface area contributed by atoms with Crippen molar-refractivity contribution in [3.05, 3.63) is 59.7 Å². The second-order valence-electron chi connectivity index (χ2n) is 9.20. The molecule has 1 atom stereocenters. The average Bonchev–Trinajstić information content (AvgIpc) is 3.60. The fourth-order valence-corrected chi connectivity index (χ4v) is 4.60. The number of rotatable bonds is 12. The van der Waals surface area contributed by atoms with Crippen LogP contribution in [0.25, 0.3) is 11.1 Å². The number of fused-ring (bicyclic) bond motifs is 3. The van der Waals surface area contributed by atoms with Gasteiger partial charge in [0.2, 0.25) is 5.91 Å². The SMILES string of the molecule is O=C(CCCCCNC(=O)OCC1c2ccccc2-c2ccccc21)N[C@@H](CC1CC1)C(=O)O. The zero-order valence-electron chi connectivity index (χ0n) is 19.3. The minimum Gasteiger partial charge on any atom is -0.480 e. The number of hydrogen-bond donors (Lipinski definition) is 3. The van der Waals surface area contributed by atoms with Gasteiger partial charge >= 0.3 is 12.1 Å². The summed E-state index contributed by atoms with van der Waals surface area (Å²) >= 11 is 0. The quantitative estimate of drug-likeness (QED) is 0.403. The molecular formula is C27H32N2O5. The summed E-state index contributed by atoms with van der Waals surface area (Å²) in [4.78, 5) is 35.5. The number of ether oxygens (including phenoxy) is 1. The molecule has 34 heavy (non-hydrogen) atoms. The van der Waals surface area contributed by atoms with Crippen molar-refractivity contribution < 1.29 is 24.2 Å². The van der Waals surface area contributed by atoms with Crippen LogP contribution in [0.2, 0.25) is 0 Å². The molecule has 0 aromatic heterocycles. The van der Waals surface area contributed by atoms with E-state index >= 15 is 0 Å². The molecule has 7 heteroatoms. The molecule has 0 radical (unpaired) electrons. The number of carboxylic acid groups (broad SMARTS) is 1. The summed E-state index contributed by atoms with van der Waals surface area (Å²) in [6.07, 6.45) is 4.61. The number of carboxylic acids is 1. The fourth-order valence-electron chi connectivity index (χ4n) is 4.60. The van der Waals surface area contributed by atoms with Gasteiger partial charge < -0.3 is 20.5 Å². The monoisotopic (exact) mass is 464 g/mol. The Morgan fingerprint density at radius 3 is 2.21 bits per heavy atom. The van der Waals surface area contributed by atoms with Crippen LogP contribution in [0, 0.1) is 5.92 Å². The second-order valence-corrected chi connectivity index (χ2v) is 9.20. The summed E-state index contributed by atoms with van der Waals surface area (Å²) < 4.78 is 5.52. The molecule has 1 saturated carbocycles. The molecule has 2 aliphatic rings. The lowest BCUT2D eigenvalue weighted by Crippen LogP contribution is -2.41. The van der Waals surface area contributed by atoms with Crippen LogP contribution in [0.3, 0.4) is 0 Å². The first kappa shape index (κ1) is 23.8. The van der Waals surface area contributed by atoms with Gasteiger partial charge in [0, 0.05) is 18.9 Å². The summed E-state index contributed by atoms with van der Waals surface area (Å²) in [6.45, 7) is 0.753. The van der Waals surface area contributed by atoms with E-state index in [1.807, 2.05) is 24.3 Å². The largest absolute Gasteiger partial charge is 0.480 e. The Labute approximate surface area is 199 Å². The molecule has 2 aromatic rings. The van der Waals surface area contributed by atoms with E-state index in [2.05, 4.69) is 34.9 Å². The highest BCUT2D eigenvalue weighted by molar-refractivity contribution is 5.83. The number of amides is 2. The van der Waals surface area contributed by atoms with Crippen LogP contribution in [0.5, 0.6) is 0 Å². The summed E-state index contributed by atoms with van der Waals surface area (Å²) in [6, 6.07) is 15.6. The molecule has 3 N–H and O–H groups in total. The molecule has 180 valence electrons. The van der Waals surface area contributed by atoms with E-state index in [9.17, 15) is 19.5 Å². The molecule has 2 aliphatic carbocycles. The van der Waals surface area contributed by atoms with E-state index in [0.29, 0.717) is 31.7 Å². The van der Waals surface area contributed by atoms with E-state index < -0.39 is 18.1 Å². The predicted molar refractivity (Wildman–Crippen MR) is 128 cm³/mol. The third kappa shape index (κ3) is 6.16. The average molecular weight is 465 g/mol. The molecule has 0 bridgehead atoms. The van der Waals surface area contributed by atoms with Crippen molar-refractivity contribution in [3.8, 4) is 11.1 Å². The maximum absolute atomic E-state index is 12.2. The van der Waals surface area contributed by atoms with Crippen molar-refractivity contribution in [2.75, 3.05) is 13.2 Å².